The number of nitrogens with zero attached hydrogens (tertiary/aromatic N) is 2. The summed E-state index contributed by atoms with van der Waals surface area (Å²) >= 11 is 0. The van der Waals surface area contributed by atoms with E-state index in [0.717, 1.165) is 5.56 Å². The average molecular weight is 451 g/mol. The number of aromatic nitrogens is 2. The molecule has 4 rings (SSSR count). The molecule has 0 saturated carbocycles. The fourth-order valence-electron chi connectivity index (χ4n) is 3.09. The first-order valence-electron chi connectivity index (χ1n) is 9.75. The molecule has 0 aliphatic carbocycles. The number of nitrogens with one attached hydrogen (secondary N) is 2. The van der Waals surface area contributed by atoms with Crippen LogP contribution in [0.3, 0.4) is 0 Å². The van der Waals surface area contributed by atoms with Crippen molar-refractivity contribution in [3.63, 3.8) is 0 Å². The second kappa shape index (κ2) is 8.72. The predicted molar refractivity (Wildman–Crippen MR) is 124 cm³/mol. The van der Waals surface area contributed by atoms with Crippen molar-refractivity contribution in [2.45, 2.75) is 11.8 Å². The molecule has 32 heavy (non-hydrogen) atoms. The highest BCUT2D eigenvalue weighted by molar-refractivity contribution is 7.92. The van der Waals surface area contributed by atoms with Crippen LogP contribution < -0.4 is 19.5 Å². The quantitative estimate of drug-likeness (QED) is 0.427. The highest BCUT2D eigenvalue weighted by Gasteiger charge is 2.20. The van der Waals surface area contributed by atoms with Crippen molar-refractivity contribution in [2.75, 3.05) is 24.3 Å². The molecular weight excluding hydrogens is 428 g/mol. The lowest BCUT2D eigenvalue weighted by Gasteiger charge is -2.16. The SMILES string of the molecule is COc1ccc(Nc2nc3ccccc3nc2NS(=O)(=O)c2ccc(C)cc2)c(OC)c1. The van der Waals surface area contributed by atoms with Gasteiger partial charge in [-0.15, -0.1) is 0 Å². The zero-order valence-corrected chi connectivity index (χ0v) is 18.6. The summed E-state index contributed by atoms with van der Waals surface area (Å²) in [6.45, 7) is 1.89. The Bertz CT molecular complexity index is 1370. The van der Waals surface area contributed by atoms with Crippen LogP contribution in [0.2, 0.25) is 0 Å². The molecule has 3 aromatic carbocycles. The maximum Gasteiger partial charge on any atom is 0.263 e. The van der Waals surface area contributed by atoms with E-state index in [1.54, 1.807) is 61.7 Å². The highest BCUT2D eigenvalue weighted by Crippen LogP contribution is 2.34. The van der Waals surface area contributed by atoms with Gasteiger partial charge in [-0.05, 0) is 43.3 Å². The molecule has 4 aromatic rings. The van der Waals surface area contributed by atoms with Gasteiger partial charge in [-0.25, -0.2) is 18.4 Å². The molecule has 0 unspecified atom stereocenters. The number of hydrogen-bond acceptors (Lipinski definition) is 7. The summed E-state index contributed by atoms with van der Waals surface area (Å²) in [6.07, 6.45) is 0. The van der Waals surface area contributed by atoms with Gasteiger partial charge in [-0.3, -0.25) is 4.72 Å². The first-order chi connectivity index (χ1) is 15.4. The van der Waals surface area contributed by atoms with E-state index in [0.29, 0.717) is 28.2 Å². The lowest BCUT2D eigenvalue weighted by molar-refractivity contribution is 0.395. The van der Waals surface area contributed by atoms with Gasteiger partial charge in [0, 0.05) is 6.07 Å². The van der Waals surface area contributed by atoms with E-state index in [1.165, 1.54) is 7.11 Å². The Hall–Kier alpha value is -3.85. The molecule has 0 fully saturated rings. The van der Waals surface area contributed by atoms with Crippen LogP contribution in [-0.4, -0.2) is 32.6 Å². The third-order valence-electron chi connectivity index (χ3n) is 4.79. The zero-order chi connectivity index (χ0) is 22.7. The largest absolute Gasteiger partial charge is 0.497 e. The molecule has 8 nitrogen and oxygen atoms in total. The second-order valence-corrected chi connectivity index (χ2v) is 8.70. The molecule has 164 valence electrons. The maximum absolute atomic E-state index is 13.0. The first-order valence-corrected chi connectivity index (χ1v) is 11.2. The Morgan fingerprint density at radius 1 is 0.812 bits per heavy atom. The van der Waals surface area contributed by atoms with E-state index in [-0.39, 0.29) is 16.5 Å². The average Bonchev–Trinajstić information content (AvgIpc) is 2.79. The number of rotatable bonds is 7. The maximum atomic E-state index is 13.0. The molecule has 0 saturated heterocycles. The van der Waals surface area contributed by atoms with Crippen molar-refractivity contribution in [2.24, 2.45) is 0 Å². The van der Waals surface area contributed by atoms with Gasteiger partial charge in [0.1, 0.15) is 11.5 Å². The van der Waals surface area contributed by atoms with Crippen LogP contribution in [0.5, 0.6) is 11.5 Å². The summed E-state index contributed by atoms with van der Waals surface area (Å²) in [7, 11) is -0.785. The molecule has 0 spiro atoms. The van der Waals surface area contributed by atoms with Crippen molar-refractivity contribution in [3.05, 3.63) is 72.3 Å². The number of fused-ring (bicyclic) bond motifs is 1. The summed E-state index contributed by atoms with van der Waals surface area (Å²) in [5.41, 5.74) is 2.71. The van der Waals surface area contributed by atoms with Crippen LogP contribution in [0.15, 0.2) is 71.6 Å². The van der Waals surface area contributed by atoms with E-state index >= 15 is 0 Å². The lowest BCUT2D eigenvalue weighted by atomic mass is 10.2. The van der Waals surface area contributed by atoms with Gasteiger partial charge in [-0.1, -0.05) is 29.8 Å². The summed E-state index contributed by atoms with van der Waals surface area (Å²) in [6, 6.07) is 19.0. The van der Waals surface area contributed by atoms with Gasteiger partial charge in [0.15, 0.2) is 11.6 Å². The molecule has 0 aliphatic rings. The van der Waals surface area contributed by atoms with E-state index in [9.17, 15) is 8.42 Å². The van der Waals surface area contributed by atoms with Gasteiger partial charge >= 0.3 is 0 Å². The molecule has 2 N–H and O–H groups in total. The highest BCUT2D eigenvalue weighted by atomic mass is 32.2. The monoisotopic (exact) mass is 450 g/mol. The number of para-hydroxylation sites is 2. The standard InChI is InChI=1S/C23H22N4O4S/c1-15-8-11-17(12-9-15)32(28,29)27-23-22(24-18-6-4-5-7-19(18)25-23)26-20-13-10-16(30-2)14-21(20)31-3/h4-14H,1-3H3,(H,24,26)(H,25,27). The van der Waals surface area contributed by atoms with Crippen LogP contribution >= 0.6 is 0 Å². The number of aryl methyl sites for hydroxylation is 1. The Kier molecular flexibility index (Phi) is 5.83. The van der Waals surface area contributed by atoms with Gasteiger partial charge in [-0.2, -0.15) is 0 Å². The number of hydrogen-bond donors (Lipinski definition) is 2. The topological polar surface area (TPSA) is 102 Å². The zero-order valence-electron chi connectivity index (χ0n) is 17.8. The number of anilines is 3. The van der Waals surface area contributed by atoms with Gasteiger partial charge in [0.05, 0.1) is 35.8 Å². The molecule has 0 bridgehead atoms. The number of benzene rings is 3. The third-order valence-corrected chi connectivity index (χ3v) is 6.15. The fraction of sp³-hybridized carbons (Fsp3) is 0.130. The van der Waals surface area contributed by atoms with Crippen LogP contribution in [0, 0.1) is 6.92 Å². The van der Waals surface area contributed by atoms with E-state index in [1.807, 2.05) is 19.1 Å². The number of sulfonamides is 1. The molecular formula is C23H22N4O4S. The minimum Gasteiger partial charge on any atom is -0.497 e. The summed E-state index contributed by atoms with van der Waals surface area (Å²) in [4.78, 5) is 9.23. The Labute approximate surface area is 186 Å². The smallest absolute Gasteiger partial charge is 0.263 e. The van der Waals surface area contributed by atoms with Crippen molar-refractivity contribution in [1.29, 1.82) is 0 Å². The second-order valence-electron chi connectivity index (χ2n) is 7.02. The van der Waals surface area contributed by atoms with E-state index in [2.05, 4.69) is 20.0 Å². The van der Waals surface area contributed by atoms with Crippen molar-refractivity contribution in [1.82, 2.24) is 9.97 Å². The van der Waals surface area contributed by atoms with E-state index in [4.69, 9.17) is 9.47 Å². The molecule has 0 atom stereocenters. The Balaban J connectivity index is 1.78. The molecule has 1 aromatic heterocycles. The molecule has 0 radical (unpaired) electrons. The van der Waals surface area contributed by atoms with E-state index < -0.39 is 10.0 Å². The minimum atomic E-state index is -3.88. The van der Waals surface area contributed by atoms with Crippen LogP contribution in [0.25, 0.3) is 11.0 Å². The fourth-order valence-corrected chi connectivity index (χ4v) is 4.10. The summed E-state index contributed by atoms with van der Waals surface area (Å²) < 4.78 is 39.3. The summed E-state index contributed by atoms with van der Waals surface area (Å²) in [5, 5.41) is 3.14. The molecule has 0 aliphatic heterocycles. The van der Waals surface area contributed by atoms with Gasteiger partial charge in [0.25, 0.3) is 10.0 Å². The van der Waals surface area contributed by atoms with Crippen molar-refractivity contribution < 1.29 is 17.9 Å². The van der Waals surface area contributed by atoms with Crippen molar-refractivity contribution >= 4 is 38.4 Å². The number of methoxy groups -OCH3 is 2. The Morgan fingerprint density at radius 3 is 2.09 bits per heavy atom. The van der Waals surface area contributed by atoms with Crippen LogP contribution in [0.1, 0.15) is 5.56 Å². The minimum absolute atomic E-state index is 0.0714. The summed E-state index contributed by atoms with van der Waals surface area (Å²) in [5.74, 6) is 1.44. The normalized spacial score (nSPS) is 11.2. The molecule has 9 heteroatoms. The third kappa shape index (κ3) is 4.42. The Morgan fingerprint density at radius 2 is 1.47 bits per heavy atom. The molecule has 1 heterocycles. The number of ether oxygens (including phenoxy) is 2. The van der Waals surface area contributed by atoms with Gasteiger partial charge < -0.3 is 14.8 Å². The lowest BCUT2D eigenvalue weighted by Crippen LogP contribution is -2.16. The molecule has 0 amide bonds. The van der Waals surface area contributed by atoms with Gasteiger partial charge in [0.2, 0.25) is 0 Å². The van der Waals surface area contributed by atoms with Crippen molar-refractivity contribution in [3.8, 4) is 11.5 Å². The van der Waals surface area contributed by atoms with Crippen LogP contribution in [0.4, 0.5) is 17.3 Å². The van der Waals surface area contributed by atoms with Crippen LogP contribution in [-0.2, 0) is 10.0 Å². The predicted octanol–water partition coefficient (Wildman–Crippen LogP) is 4.50. The first kappa shape index (κ1) is 21.4.